The second kappa shape index (κ2) is 4.99. The second-order valence-corrected chi connectivity index (χ2v) is 5.73. The number of rotatable bonds is 4. The van der Waals surface area contributed by atoms with Crippen LogP contribution in [0.2, 0.25) is 0 Å². The highest BCUT2D eigenvalue weighted by molar-refractivity contribution is 7.92. The first-order valence-electron chi connectivity index (χ1n) is 4.93. The molecule has 16 heavy (non-hydrogen) atoms. The molecule has 1 aromatic carbocycles. The molecule has 0 unspecified atom stereocenters. The number of benzene rings is 1. The van der Waals surface area contributed by atoms with Crippen molar-refractivity contribution >= 4 is 15.7 Å². The van der Waals surface area contributed by atoms with Gasteiger partial charge in [0.1, 0.15) is 0 Å². The Morgan fingerprint density at radius 1 is 1.31 bits per heavy atom. The highest BCUT2D eigenvalue weighted by Gasteiger charge is 2.12. The molecule has 0 atom stereocenters. The minimum atomic E-state index is -3.29. The van der Waals surface area contributed by atoms with Gasteiger partial charge in [0.05, 0.1) is 17.4 Å². The Kier molecular flexibility index (Phi) is 3.91. The van der Waals surface area contributed by atoms with Crippen molar-refractivity contribution in [2.45, 2.75) is 13.8 Å². The van der Waals surface area contributed by atoms with Crippen LogP contribution < -0.4 is 4.72 Å². The summed E-state index contributed by atoms with van der Waals surface area (Å²) in [5.74, 6) is 0.170. The van der Waals surface area contributed by atoms with Crippen molar-refractivity contribution in [2.75, 3.05) is 10.5 Å². The van der Waals surface area contributed by atoms with E-state index >= 15 is 0 Å². The highest BCUT2D eigenvalue weighted by atomic mass is 32.2. The molecule has 0 heterocycles. The summed E-state index contributed by atoms with van der Waals surface area (Å²) in [5, 5.41) is 8.59. The highest BCUT2D eigenvalue weighted by Crippen LogP contribution is 2.12. The molecule has 0 aliphatic rings. The zero-order valence-corrected chi connectivity index (χ0v) is 10.1. The summed E-state index contributed by atoms with van der Waals surface area (Å²) in [4.78, 5) is 0. The average molecular weight is 238 g/mol. The van der Waals surface area contributed by atoms with E-state index in [1.807, 2.05) is 19.9 Å². The Bertz CT molecular complexity index is 484. The predicted octanol–water partition coefficient (Wildman–Crippen LogP) is 1.96. The fraction of sp³-hybridized carbons (Fsp3) is 0.364. The van der Waals surface area contributed by atoms with E-state index in [1.165, 1.54) is 0 Å². The summed E-state index contributed by atoms with van der Waals surface area (Å²) < 4.78 is 25.6. The van der Waals surface area contributed by atoms with Crippen LogP contribution in [0.1, 0.15) is 19.4 Å². The van der Waals surface area contributed by atoms with E-state index in [9.17, 15) is 8.42 Å². The van der Waals surface area contributed by atoms with Crippen LogP contribution in [-0.4, -0.2) is 14.2 Å². The number of hydrogen-bond donors (Lipinski definition) is 1. The molecule has 5 heteroatoms. The summed E-state index contributed by atoms with van der Waals surface area (Å²) in [6, 6.07) is 8.28. The summed E-state index contributed by atoms with van der Waals surface area (Å²) in [6.45, 7) is 3.69. The molecule has 4 nitrogen and oxygen atoms in total. The fourth-order valence-corrected chi connectivity index (χ4v) is 2.73. The predicted molar refractivity (Wildman–Crippen MR) is 63.4 cm³/mol. The molecule has 86 valence electrons. The van der Waals surface area contributed by atoms with Gasteiger partial charge < -0.3 is 0 Å². The molecule has 0 saturated carbocycles. The van der Waals surface area contributed by atoms with Gasteiger partial charge in [-0.15, -0.1) is 0 Å². The summed E-state index contributed by atoms with van der Waals surface area (Å²) in [5.41, 5.74) is 0.992. The van der Waals surface area contributed by atoms with Crippen LogP contribution in [0.5, 0.6) is 0 Å². The molecule has 0 aliphatic heterocycles. The smallest absolute Gasteiger partial charge is 0.232 e. The summed E-state index contributed by atoms with van der Waals surface area (Å²) in [7, 11) is -3.29. The van der Waals surface area contributed by atoms with Crippen molar-refractivity contribution in [2.24, 2.45) is 5.92 Å². The summed E-state index contributed by atoms with van der Waals surface area (Å²) in [6.07, 6.45) is 0. The Morgan fingerprint density at radius 3 is 2.31 bits per heavy atom. The maximum absolute atomic E-state index is 11.6. The fourth-order valence-electron chi connectivity index (χ4n) is 1.27. The van der Waals surface area contributed by atoms with E-state index in [-0.39, 0.29) is 11.7 Å². The molecule has 0 saturated heterocycles. The lowest BCUT2D eigenvalue weighted by Crippen LogP contribution is -2.19. The lowest BCUT2D eigenvalue weighted by molar-refractivity contribution is 0.587. The van der Waals surface area contributed by atoms with Gasteiger partial charge in [-0.2, -0.15) is 5.26 Å². The Balaban J connectivity index is 2.77. The van der Waals surface area contributed by atoms with Crippen molar-refractivity contribution in [3.8, 4) is 6.07 Å². The number of sulfonamides is 1. The standard InChI is InChI=1S/C11H14N2O2S/c1-9(2)8-16(14,15)13-11-5-3-10(7-12)4-6-11/h3-6,9,13H,8H2,1-2H3. The Hall–Kier alpha value is -1.54. The lowest BCUT2D eigenvalue weighted by Gasteiger charge is -2.09. The van der Waals surface area contributed by atoms with Gasteiger partial charge >= 0.3 is 0 Å². The van der Waals surface area contributed by atoms with Gasteiger partial charge in [0.15, 0.2) is 0 Å². The van der Waals surface area contributed by atoms with E-state index in [2.05, 4.69) is 4.72 Å². The van der Waals surface area contributed by atoms with Crippen LogP contribution in [0.25, 0.3) is 0 Å². The molecule has 0 radical (unpaired) electrons. The Labute approximate surface area is 96.0 Å². The number of hydrogen-bond acceptors (Lipinski definition) is 3. The monoisotopic (exact) mass is 238 g/mol. The number of nitrogens with zero attached hydrogens (tertiary/aromatic N) is 1. The molecule has 0 amide bonds. The van der Waals surface area contributed by atoms with Crippen LogP contribution in [-0.2, 0) is 10.0 Å². The maximum Gasteiger partial charge on any atom is 0.232 e. The van der Waals surface area contributed by atoms with Crippen molar-refractivity contribution in [3.05, 3.63) is 29.8 Å². The molecule has 1 rings (SSSR count). The molecular weight excluding hydrogens is 224 g/mol. The molecule has 0 aromatic heterocycles. The van der Waals surface area contributed by atoms with Gasteiger partial charge in [0, 0.05) is 5.69 Å². The van der Waals surface area contributed by atoms with Crippen molar-refractivity contribution in [1.82, 2.24) is 0 Å². The zero-order chi connectivity index (χ0) is 12.2. The third kappa shape index (κ3) is 3.91. The van der Waals surface area contributed by atoms with Crippen molar-refractivity contribution < 1.29 is 8.42 Å². The SMILES string of the molecule is CC(C)CS(=O)(=O)Nc1ccc(C#N)cc1. The number of nitriles is 1. The maximum atomic E-state index is 11.6. The van der Waals surface area contributed by atoms with Gasteiger partial charge in [-0.3, -0.25) is 4.72 Å². The van der Waals surface area contributed by atoms with Crippen LogP contribution in [0.3, 0.4) is 0 Å². The van der Waals surface area contributed by atoms with E-state index in [1.54, 1.807) is 24.3 Å². The normalized spacial score (nSPS) is 11.1. The van der Waals surface area contributed by atoms with Crippen LogP contribution in [0, 0.1) is 17.2 Å². The summed E-state index contributed by atoms with van der Waals surface area (Å²) >= 11 is 0. The molecule has 0 aliphatic carbocycles. The largest absolute Gasteiger partial charge is 0.284 e. The van der Waals surface area contributed by atoms with Gasteiger partial charge in [-0.1, -0.05) is 13.8 Å². The van der Waals surface area contributed by atoms with E-state index in [0.717, 1.165) is 0 Å². The lowest BCUT2D eigenvalue weighted by atomic mass is 10.2. The molecule has 0 fully saturated rings. The van der Waals surface area contributed by atoms with Crippen molar-refractivity contribution in [3.63, 3.8) is 0 Å². The van der Waals surface area contributed by atoms with Crippen LogP contribution in [0.4, 0.5) is 5.69 Å². The topological polar surface area (TPSA) is 70.0 Å². The molecular formula is C11H14N2O2S. The van der Waals surface area contributed by atoms with E-state index in [4.69, 9.17) is 5.26 Å². The second-order valence-electron chi connectivity index (χ2n) is 3.97. The van der Waals surface area contributed by atoms with E-state index in [0.29, 0.717) is 11.3 Å². The molecule has 0 spiro atoms. The minimum Gasteiger partial charge on any atom is -0.284 e. The third-order valence-corrected chi connectivity index (χ3v) is 3.49. The first-order chi connectivity index (χ1) is 7.43. The molecule has 1 aromatic rings. The zero-order valence-electron chi connectivity index (χ0n) is 9.27. The van der Waals surface area contributed by atoms with Crippen LogP contribution >= 0.6 is 0 Å². The quantitative estimate of drug-likeness (QED) is 0.871. The van der Waals surface area contributed by atoms with Gasteiger partial charge in [0.25, 0.3) is 0 Å². The molecule has 0 bridgehead atoms. The Morgan fingerprint density at radius 2 is 1.88 bits per heavy atom. The molecule has 1 N–H and O–H groups in total. The van der Waals surface area contributed by atoms with Gasteiger partial charge in [-0.05, 0) is 30.2 Å². The third-order valence-electron chi connectivity index (χ3n) is 1.84. The van der Waals surface area contributed by atoms with Crippen LogP contribution in [0.15, 0.2) is 24.3 Å². The average Bonchev–Trinajstić information content (AvgIpc) is 2.16. The number of nitrogens with one attached hydrogen (secondary N) is 1. The van der Waals surface area contributed by atoms with Gasteiger partial charge in [0.2, 0.25) is 10.0 Å². The van der Waals surface area contributed by atoms with Crippen molar-refractivity contribution in [1.29, 1.82) is 5.26 Å². The minimum absolute atomic E-state index is 0.0795. The van der Waals surface area contributed by atoms with E-state index < -0.39 is 10.0 Å². The first-order valence-corrected chi connectivity index (χ1v) is 6.59. The number of anilines is 1. The van der Waals surface area contributed by atoms with Gasteiger partial charge in [-0.25, -0.2) is 8.42 Å². The first kappa shape index (κ1) is 12.5.